The fraction of sp³-hybridized carbons (Fsp3) is 0.278. The summed E-state index contributed by atoms with van der Waals surface area (Å²) in [6.45, 7) is 3.92. The number of hydrogen-bond donors (Lipinski definition) is 1. The van der Waals surface area contributed by atoms with Crippen LogP contribution < -0.4 is 5.32 Å². The average Bonchev–Trinajstić information content (AvgIpc) is 2.60. The van der Waals surface area contributed by atoms with Gasteiger partial charge in [-0.2, -0.15) is 0 Å². The van der Waals surface area contributed by atoms with Crippen LogP contribution in [0, 0.1) is 0 Å². The lowest BCUT2D eigenvalue weighted by molar-refractivity contribution is -0.143. The summed E-state index contributed by atoms with van der Waals surface area (Å²) in [5.41, 5.74) is 1.54. The van der Waals surface area contributed by atoms with Gasteiger partial charge in [0.15, 0.2) is 0 Å². The molecule has 1 N–H and O–H groups in total. The summed E-state index contributed by atoms with van der Waals surface area (Å²) >= 11 is 5.90. The number of hydrogen-bond acceptors (Lipinski definition) is 3. The molecular weight excluding hydrogens is 326 g/mol. The number of nitrogens with zero attached hydrogens (tertiary/aromatic N) is 2. The van der Waals surface area contributed by atoms with Crippen molar-refractivity contribution < 1.29 is 9.59 Å². The van der Waals surface area contributed by atoms with Crippen LogP contribution in [0.4, 0.5) is 5.69 Å². The topological polar surface area (TPSA) is 62.3 Å². The van der Waals surface area contributed by atoms with E-state index in [9.17, 15) is 9.59 Å². The zero-order valence-corrected chi connectivity index (χ0v) is 14.6. The van der Waals surface area contributed by atoms with Gasteiger partial charge >= 0.3 is 11.8 Å². The number of likely N-dealkylation sites (N-methyl/N-ethyl adjacent to an activating group) is 1. The minimum absolute atomic E-state index is 0.0578. The zero-order chi connectivity index (χ0) is 17.7. The number of aromatic nitrogens is 1. The lowest BCUT2D eigenvalue weighted by Gasteiger charge is -2.29. The van der Waals surface area contributed by atoms with Gasteiger partial charge in [0.25, 0.3) is 0 Å². The first-order valence-electron chi connectivity index (χ1n) is 7.63. The number of pyridine rings is 1. The van der Waals surface area contributed by atoms with Crippen LogP contribution in [0.2, 0.25) is 5.02 Å². The molecule has 0 bridgehead atoms. The number of rotatable bonds is 4. The molecule has 0 aliphatic carbocycles. The van der Waals surface area contributed by atoms with Crippen molar-refractivity contribution >= 4 is 29.1 Å². The largest absolute Gasteiger partial charge is 0.334 e. The normalized spacial score (nSPS) is 13.0. The van der Waals surface area contributed by atoms with Gasteiger partial charge in [-0.25, -0.2) is 0 Å². The van der Waals surface area contributed by atoms with E-state index in [1.165, 1.54) is 11.1 Å². The Hall–Kier alpha value is -2.40. The maximum atomic E-state index is 12.4. The fourth-order valence-electron chi connectivity index (χ4n) is 2.35. The molecule has 0 radical (unpaired) electrons. The Kier molecular flexibility index (Phi) is 5.93. The van der Waals surface area contributed by atoms with E-state index < -0.39 is 11.8 Å². The van der Waals surface area contributed by atoms with Gasteiger partial charge in [-0.15, -0.1) is 0 Å². The lowest BCUT2D eigenvalue weighted by Crippen LogP contribution is -2.44. The predicted octanol–water partition coefficient (Wildman–Crippen LogP) is 3.32. The minimum Gasteiger partial charge on any atom is -0.334 e. The number of carbonyl (C=O) groups is 2. The molecule has 0 unspecified atom stereocenters. The third kappa shape index (κ3) is 4.32. The summed E-state index contributed by atoms with van der Waals surface area (Å²) in [7, 11) is 1.63. The van der Waals surface area contributed by atoms with E-state index >= 15 is 0 Å². The highest BCUT2D eigenvalue weighted by Gasteiger charge is 2.27. The Labute approximate surface area is 146 Å². The van der Waals surface area contributed by atoms with Crippen LogP contribution in [0.1, 0.15) is 25.3 Å². The van der Waals surface area contributed by atoms with Gasteiger partial charge in [0.1, 0.15) is 0 Å². The number of nitrogens with one attached hydrogen (secondary N) is 1. The van der Waals surface area contributed by atoms with Crippen LogP contribution >= 0.6 is 11.6 Å². The summed E-state index contributed by atoms with van der Waals surface area (Å²) in [6, 6.07) is 10.7. The molecule has 2 atom stereocenters. The maximum absolute atomic E-state index is 12.4. The predicted molar refractivity (Wildman–Crippen MR) is 95.0 cm³/mol. The molecule has 1 aromatic carbocycles. The van der Waals surface area contributed by atoms with Crippen LogP contribution in [0.25, 0.3) is 0 Å². The number of anilines is 1. The summed E-state index contributed by atoms with van der Waals surface area (Å²) in [4.78, 5) is 29.8. The average molecular weight is 346 g/mol. The number of carbonyl (C=O) groups excluding carboxylic acids is 2. The molecule has 2 aromatic rings. The van der Waals surface area contributed by atoms with E-state index in [0.717, 1.165) is 5.56 Å². The molecule has 0 fully saturated rings. The number of halogens is 1. The van der Waals surface area contributed by atoms with E-state index in [1.807, 2.05) is 38.1 Å². The third-order valence-electron chi connectivity index (χ3n) is 4.16. The maximum Gasteiger partial charge on any atom is 0.313 e. The Morgan fingerprint density at radius 3 is 2.42 bits per heavy atom. The smallest absolute Gasteiger partial charge is 0.313 e. The van der Waals surface area contributed by atoms with Crippen molar-refractivity contribution in [2.24, 2.45) is 0 Å². The van der Waals surface area contributed by atoms with Crippen molar-refractivity contribution in [2.75, 3.05) is 12.4 Å². The second kappa shape index (κ2) is 7.93. The van der Waals surface area contributed by atoms with Crippen LogP contribution in [0.5, 0.6) is 0 Å². The van der Waals surface area contributed by atoms with Crippen LogP contribution in [-0.4, -0.2) is 34.8 Å². The SMILES string of the molecule is C[C@@H](c1ccc(Cl)cc1)[C@H](C)N(C)C(=O)C(=O)Nc1cccnc1. The highest BCUT2D eigenvalue weighted by atomic mass is 35.5. The van der Waals surface area contributed by atoms with Crippen molar-refractivity contribution in [2.45, 2.75) is 25.8 Å². The molecule has 2 rings (SSSR count). The quantitative estimate of drug-likeness (QED) is 0.864. The molecule has 0 aliphatic rings. The summed E-state index contributed by atoms with van der Waals surface area (Å²) in [5.74, 6) is -1.21. The first-order valence-corrected chi connectivity index (χ1v) is 8.01. The van der Waals surface area contributed by atoms with Crippen molar-refractivity contribution in [3.8, 4) is 0 Å². The third-order valence-corrected chi connectivity index (χ3v) is 4.42. The lowest BCUT2D eigenvalue weighted by atomic mass is 9.93. The van der Waals surface area contributed by atoms with Crippen molar-refractivity contribution in [1.29, 1.82) is 0 Å². The Bertz CT molecular complexity index is 704. The van der Waals surface area contributed by atoms with Gasteiger partial charge in [-0.05, 0) is 36.8 Å². The minimum atomic E-state index is -0.680. The number of benzene rings is 1. The van der Waals surface area contributed by atoms with E-state index in [2.05, 4.69) is 10.3 Å². The van der Waals surface area contributed by atoms with Gasteiger partial charge in [0.2, 0.25) is 0 Å². The molecule has 24 heavy (non-hydrogen) atoms. The van der Waals surface area contributed by atoms with Crippen LogP contribution in [0.15, 0.2) is 48.8 Å². The van der Waals surface area contributed by atoms with Crippen molar-refractivity contribution in [1.82, 2.24) is 9.88 Å². The van der Waals surface area contributed by atoms with Crippen molar-refractivity contribution in [3.63, 3.8) is 0 Å². The second-order valence-electron chi connectivity index (χ2n) is 5.69. The van der Waals surface area contributed by atoms with Crippen molar-refractivity contribution in [3.05, 3.63) is 59.4 Å². The highest BCUT2D eigenvalue weighted by molar-refractivity contribution is 6.39. The molecule has 6 heteroatoms. The second-order valence-corrected chi connectivity index (χ2v) is 6.13. The molecule has 0 saturated heterocycles. The van der Waals surface area contributed by atoms with Gasteiger partial charge in [-0.1, -0.05) is 30.7 Å². The highest BCUT2D eigenvalue weighted by Crippen LogP contribution is 2.24. The molecule has 0 saturated carbocycles. The van der Waals surface area contributed by atoms with Crippen LogP contribution in [-0.2, 0) is 9.59 Å². The molecule has 1 aromatic heterocycles. The van der Waals surface area contributed by atoms with E-state index in [4.69, 9.17) is 11.6 Å². The Balaban J connectivity index is 2.03. The Morgan fingerprint density at radius 1 is 1.17 bits per heavy atom. The summed E-state index contributed by atoms with van der Waals surface area (Å²) in [5, 5.41) is 3.22. The molecule has 126 valence electrons. The fourth-order valence-corrected chi connectivity index (χ4v) is 2.47. The molecule has 0 spiro atoms. The first-order chi connectivity index (χ1) is 11.4. The Morgan fingerprint density at radius 2 is 1.83 bits per heavy atom. The monoisotopic (exact) mass is 345 g/mol. The molecule has 1 heterocycles. The first kappa shape index (κ1) is 17.9. The van der Waals surface area contributed by atoms with E-state index in [0.29, 0.717) is 10.7 Å². The zero-order valence-electron chi connectivity index (χ0n) is 13.9. The molecule has 5 nitrogen and oxygen atoms in total. The summed E-state index contributed by atoms with van der Waals surface area (Å²) in [6.07, 6.45) is 3.09. The van der Waals surface area contributed by atoms with Gasteiger partial charge in [0, 0.05) is 30.2 Å². The van der Waals surface area contributed by atoms with Gasteiger partial charge in [0.05, 0.1) is 11.9 Å². The standard InChI is InChI=1S/C18H20ClN3O2/c1-12(14-6-8-15(19)9-7-14)13(2)22(3)18(24)17(23)21-16-5-4-10-20-11-16/h4-13H,1-3H3,(H,21,23)/t12-,13+/m1/s1. The van der Waals surface area contributed by atoms with E-state index in [1.54, 1.807) is 25.4 Å². The van der Waals surface area contributed by atoms with Gasteiger partial charge < -0.3 is 10.2 Å². The van der Waals surface area contributed by atoms with Crippen LogP contribution in [0.3, 0.4) is 0 Å². The number of amides is 2. The summed E-state index contributed by atoms with van der Waals surface area (Å²) < 4.78 is 0. The van der Waals surface area contributed by atoms with E-state index in [-0.39, 0.29) is 12.0 Å². The molecular formula is C18H20ClN3O2. The molecule has 2 amide bonds. The molecule has 0 aliphatic heterocycles. The van der Waals surface area contributed by atoms with Gasteiger partial charge in [-0.3, -0.25) is 14.6 Å².